The fourth-order valence-corrected chi connectivity index (χ4v) is 3.45. The lowest BCUT2D eigenvalue weighted by Crippen LogP contribution is -2.42. The maximum Gasteiger partial charge on any atom is 0.233 e. The van der Waals surface area contributed by atoms with Gasteiger partial charge in [-0.05, 0) is 17.2 Å². The van der Waals surface area contributed by atoms with E-state index in [-0.39, 0.29) is 22.3 Å². The first-order valence-corrected chi connectivity index (χ1v) is 7.76. The van der Waals surface area contributed by atoms with Gasteiger partial charge >= 0.3 is 0 Å². The first-order chi connectivity index (χ1) is 12.0. The molecule has 5 heteroatoms. The smallest absolute Gasteiger partial charge is 0.233 e. The highest BCUT2D eigenvalue weighted by Crippen LogP contribution is 2.38. The predicted octanol–water partition coefficient (Wildman–Crippen LogP) is 1.89. The quantitative estimate of drug-likeness (QED) is 0.806. The molecule has 0 bridgehead atoms. The van der Waals surface area contributed by atoms with Crippen molar-refractivity contribution in [2.24, 2.45) is 5.92 Å². The minimum atomic E-state index is -1.59. The summed E-state index contributed by atoms with van der Waals surface area (Å²) in [4.78, 5) is 49.5. The molecule has 122 valence electrons. The lowest BCUT2D eigenvalue weighted by Gasteiger charge is -2.30. The molecule has 2 aromatic carbocycles. The number of aliphatic hydroxyl groups is 1. The molecule has 0 fully saturated rings. The third-order valence-corrected chi connectivity index (χ3v) is 4.65. The second-order valence-electron chi connectivity index (χ2n) is 6.04. The molecule has 0 amide bonds. The lowest BCUT2D eigenvalue weighted by molar-refractivity contribution is -0.111. The van der Waals surface area contributed by atoms with Crippen LogP contribution in [0.1, 0.15) is 36.6 Å². The zero-order valence-corrected chi connectivity index (χ0v) is 12.9. The van der Waals surface area contributed by atoms with Gasteiger partial charge in [0.25, 0.3) is 0 Å². The lowest BCUT2D eigenvalue weighted by atomic mass is 9.72. The zero-order chi connectivity index (χ0) is 17.7. The van der Waals surface area contributed by atoms with E-state index < -0.39 is 35.2 Å². The largest absolute Gasteiger partial charge is 0.384 e. The van der Waals surface area contributed by atoms with Crippen LogP contribution in [0.15, 0.2) is 54.6 Å². The first-order valence-electron chi connectivity index (χ1n) is 7.76. The maximum absolute atomic E-state index is 12.9. The van der Waals surface area contributed by atoms with Gasteiger partial charge in [0.05, 0.1) is 5.92 Å². The van der Waals surface area contributed by atoms with Gasteiger partial charge in [-0.3, -0.25) is 19.2 Å². The van der Waals surface area contributed by atoms with Crippen LogP contribution < -0.4 is 0 Å². The summed E-state index contributed by atoms with van der Waals surface area (Å²) in [6.07, 6.45) is -0.528. The Balaban J connectivity index is 1.92. The number of aliphatic hydroxyl groups excluding tert-OH is 1. The van der Waals surface area contributed by atoms with E-state index in [1.165, 1.54) is 18.2 Å². The highest BCUT2D eigenvalue weighted by atomic mass is 16.3. The van der Waals surface area contributed by atoms with Gasteiger partial charge < -0.3 is 5.11 Å². The Morgan fingerprint density at radius 1 is 0.680 bits per heavy atom. The summed E-state index contributed by atoms with van der Waals surface area (Å²) in [7, 11) is 0. The van der Waals surface area contributed by atoms with Crippen molar-refractivity contribution in [1.29, 1.82) is 0 Å². The second-order valence-corrected chi connectivity index (χ2v) is 6.04. The molecule has 0 unspecified atom stereocenters. The summed E-state index contributed by atoms with van der Waals surface area (Å²) in [6.45, 7) is 0. The fourth-order valence-electron chi connectivity index (χ4n) is 3.45. The number of carbonyl (C=O) groups excluding carboxylic acids is 4. The van der Waals surface area contributed by atoms with Crippen molar-refractivity contribution in [2.75, 3.05) is 0 Å². The van der Waals surface area contributed by atoms with Crippen molar-refractivity contribution in [3.8, 4) is 0 Å². The minimum Gasteiger partial charge on any atom is -0.384 e. The standard InChI is InChI=1S/C20H12O5/c21-15-9-14(10-5-1-2-6-11(10)17(15)22)16-18(23)12-7-3-4-8-13(12)19(24)20(16)25/h1-9,16,20,25H/t16-,20+/m0/s1. The Hall–Kier alpha value is -3.18. The topological polar surface area (TPSA) is 88.5 Å². The molecule has 2 aliphatic carbocycles. The van der Waals surface area contributed by atoms with Crippen LogP contribution in [0, 0.1) is 5.92 Å². The van der Waals surface area contributed by atoms with Crippen molar-refractivity contribution >= 4 is 28.7 Å². The molecule has 4 rings (SSSR count). The van der Waals surface area contributed by atoms with Gasteiger partial charge in [-0.15, -0.1) is 0 Å². The molecule has 0 saturated carbocycles. The SMILES string of the molecule is O=C1C=C([C@H]2C(=O)c3ccccc3C(=O)[C@@H]2O)c2ccccc2C1=O. The molecule has 0 spiro atoms. The summed E-state index contributed by atoms with van der Waals surface area (Å²) in [5.74, 6) is -3.64. The molecule has 2 aliphatic rings. The second kappa shape index (κ2) is 5.43. The number of benzene rings is 2. The molecule has 0 aromatic heterocycles. The van der Waals surface area contributed by atoms with Crippen molar-refractivity contribution < 1.29 is 24.3 Å². The first kappa shape index (κ1) is 15.4. The number of allylic oxidation sites excluding steroid dienone is 1. The molecule has 0 heterocycles. The van der Waals surface area contributed by atoms with Gasteiger partial charge in [-0.2, -0.15) is 0 Å². The molecule has 0 radical (unpaired) electrons. The third-order valence-electron chi connectivity index (χ3n) is 4.65. The van der Waals surface area contributed by atoms with Crippen molar-refractivity contribution in [3.05, 3.63) is 76.9 Å². The van der Waals surface area contributed by atoms with E-state index in [0.29, 0.717) is 5.56 Å². The summed E-state index contributed by atoms with van der Waals surface area (Å²) in [6, 6.07) is 12.7. The number of rotatable bonds is 1. The van der Waals surface area contributed by atoms with Gasteiger partial charge in [-0.25, -0.2) is 0 Å². The Kier molecular flexibility index (Phi) is 3.33. The average Bonchev–Trinajstić information content (AvgIpc) is 2.64. The Bertz CT molecular complexity index is 999. The van der Waals surface area contributed by atoms with Gasteiger partial charge in [0.2, 0.25) is 11.6 Å². The van der Waals surface area contributed by atoms with Gasteiger partial charge in [0.1, 0.15) is 6.10 Å². The van der Waals surface area contributed by atoms with Crippen molar-refractivity contribution in [1.82, 2.24) is 0 Å². The Labute approximate surface area is 142 Å². The van der Waals surface area contributed by atoms with E-state index in [4.69, 9.17) is 0 Å². The number of ketones is 4. The van der Waals surface area contributed by atoms with Crippen LogP contribution in [0.25, 0.3) is 5.57 Å². The van der Waals surface area contributed by atoms with Crippen LogP contribution in [-0.4, -0.2) is 34.3 Å². The summed E-state index contributed by atoms with van der Waals surface area (Å²) in [5.41, 5.74) is 1.17. The fraction of sp³-hybridized carbons (Fsp3) is 0.100. The molecule has 2 atom stereocenters. The molecule has 5 nitrogen and oxygen atoms in total. The Morgan fingerprint density at radius 3 is 1.84 bits per heavy atom. The molecular weight excluding hydrogens is 320 g/mol. The van der Waals surface area contributed by atoms with Crippen LogP contribution in [0.3, 0.4) is 0 Å². The number of hydrogen-bond acceptors (Lipinski definition) is 5. The van der Waals surface area contributed by atoms with E-state index in [9.17, 15) is 24.3 Å². The normalized spacial score (nSPS) is 22.4. The summed E-state index contributed by atoms with van der Waals surface area (Å²) < 4.78 is 0. The molecule has 0 aliphatic heterocycles. The number of carbonyl (C=O) groups is 4. The zero-order valence-electron chi connectivity index (χ0n) is 12.9. The van der Waals surface area contributed by atoms with E-state index in [1.807, 2.05) is 0 Å². The van der Waals surface area contributed by atoms with E-state index in [1.54, 1.807) is 30.3 Å². The summed E-state index contributed by atoms with van der Waals surface area (Å²) in [5, 5.41) is 10.5. The third kappa shape index (κ3) is 2.13. The molecular formula is C20H12O5. The van der Waals surface area contributed by atoms with Crippen LogP contribution in [-0.2, 0) is 4.79 Å². The molecule has 1 N–H and O–H groups in total. The van der Waals surface area contributed by atoms with E-state index in [0.717, 1.165) is 6.08 Å². The highest BCUT2D eigenvalue weighted by Gasteiger charge is 2.44. The van der Waals surface area contributed by atoms with Crippen LogP contribution in [0.4, 0.5) is 0 Å². The maximum atomic E-state index is 12.9. The predicted molar refractivity (Wildman–Crippen MR) is 88.4 cm³/mol. The van der Waals surface area contributed by atoms with Crippen LogP contribution >= 0.6 is 0 Å². The minimum absolute atomic E-state index is 0.170. The summed E-state index contributed by atoms with van der Waals surface area (Å²) >= 11 is 0. The number of Topliss-reactive ketones (excluding diaryl/α,β-unsaturated/α-hetero) is 3. The number of hydrogen-bond donors (Lipinski definition) is 1. The van der Waals surface area contributed by atoms with Crippen molar-refractivity contribution in [3.63, 3.8) is 0 Å². The van der Waals surface area contributed by atoms with Gasteiger partial charge in [-0.1, -0.05) is 48.5 Å². The van der Waals surface area contributed by atoms with Gasteiger partial charge in [0.15, 0.2) is 11.6 Å². The molecule has 25 heavy (non-hydrogen) atoms. The monoisotopic (exact) mass is 332 g/mol. The Morgan fingerprint density at radius 2 is 1.20 bits per heavy atom. The van der Waals surface area contributed by atoms with Crippen LogP contribution in [0.2, 0.25) is 0 Å². The molecule has 0 saturated heterocycles. The molecule has 2 aromatic rings. The van der Waals surface area contributed by atoms with E-state index >= 15 is 0 Å². The highest BCUT2D eigenvalue weighted by molar-refractivity contribution is 6.51. The number of fused-ring (bicyclic) bond motifs is 2. The van der Waals surface area contributed by atoms with E-state index in [2.05, 4.69) is 0 Å². The van der Waals surface area contributed by atoms with Crippen LogP contribution in [0.5, 0.6) is 0 Å². The van der Waals surface area contributed by atoms with Gasteiger partial charge in [0, 0.05) is 16.7 Å². The average molecular weight is 332 g/mol. The van der Waals surface area contributed by atoms with Crippen molar-refractivity contribution in [2.45, 2.75) is 6.10 Å².